The molecule has 0 aliphatic rings. The van der Waals surface area contributed by atoms with Crippen molar-refractivity contribution in [2.45, 2.75) is 6.92 Å². The van der Waals surface area contributed by atoms with Gasteiger partial charge in [0.2, 0.25) is 5.82 Å². The molecule has 0 saturated heterocycles. The van der Waals surface area contributed by atoms with Crippen LogP contribution in [0.5, 0.6) is 5.75 Å². The maximum atomic E-state index is 12.1. The van der Waals surface area contributed by atoms with E-state index < -0.39 is 10.8 Å². The third kappa shape index (κ3) is 3.26. The summed E-state index contributed by atoms with van der Waals surface area (Å²) in [4.78, 5) is 26.0. The first-order valence-corrected chi connectivity index (χ1v) is 6.18. The highest BCUT2D eigenvalue weighted by Gasteiger charge is 2.19. The number of benzene rings is 1. The SMILES string of the molecule is Cc1cc(C(=O)Nc2nc(Cl)ccc2[N+](=O)[O-])ccc1O. The number of phenols is 1. The van der Waals surface area contributed by atoms with Crippen LogP contribution in [0.2, 0.25) is 5.15 Å². The fourth-order valence-corrected chi connectivity index (χ4v) is 1.79. The number of aromatic nitrogens is 1. The number of aryl methyl sites for hydroxylation is 1. The number of nitrogens with zero attached hydrogens (tertiary/aromatic N) is 2. The fraction of sp³-hybridized carbons (Fsp3) is 0.0769. The molecule has 0 aliphatic heterocycles. The zero-order valence-corrected chi connectivity index (χ0v) is 11.6. The van der Waals surface area contributed by atoms with Gasteiger partial charge in [0.05, 0.1) is 4.92 Å². The van der Waals surface area contributed by atoms with Crippen molar-refractivity contribution in [3.05, 3.63) is 56.7 Å². The summed E-state index contributed by atoms with van der Waals surface area (Å²) in [6.07, 6.45) is 0. The molecule has 0 spiro atoms. The summed E-state index contributed by atoms with van der Waals surface area (Å²) in [5.41, 5.74) is 0.390. The minimum atomic E-state index is -0.666. The summed E-state index contributed by atoms with van der Waals surface area (Å²) in [5, 5.41) is 22.7. The number of aromatic hydroxyl groups is 1. The Balaban J connectivity index is 2.33. The number of pyridine rings is 1. The minimum Gasteiger partial charge on any atom is -0.508 e. The molecule has 21 heavy (non-hydrogen) atoms. The molecule has 0 bridgehead atoms. The third-order valence-corrected chi connectivity index (χ3v) is 2.94. The monoisotopic (exact) mass is 307 g/mol. The van der Waals surface area contributed by atoms with E-state index in [0.29, 0.717) is 5.56 Å². The molecule has 2 aromatic rings. The second kappa shape index (κ2) is 5.76. The van der Waals surface area contributed by atoms with Crippen molar-refractivity contribution in [1.82, 2.24) is 4.98 Å². The molecule has 7 nitrogen and oxygen atoms in total. The Labute approximate surface area is 124 Å². The second-order valence-corrected chi connectivity index (χ2v) is 4.60. The Hall–Kier alpha value is -2.67. The molecule has 2 N–H and O–H groups in total. The van der Waals surface area contributed by atoms with E-state index in [9.17, 15) is 20.0 Å². The van der Waals surface area contributed by atoms with Gasteiger partial charge < -0.3 is 10.4 Å². The van der Waals surface area contributed by atoms with Crippen molar-refractivity contribution in [2.75, 3.05) is 5.32 Å². The highest BCUT2D eigenvalue weighted by Crippen LogP contribution is 2.25. The number of hydrogen-bond donors (Lipinski definition) is 2. The number of anilines is 1. The zero-order chi connectivity index (χ0) is 15.6. The van der Waals surface area contributed by atoms with Crippen LogP contribution in [0.15, 0.2) is 30.3 Å². The van der Waals surface area contributed by atoms with Gasteiger partial charge in [-0.1, -0.05) is 11.6 Å². The zero-order valence-electron chi connectivity index (χ0n) is 10.8. The average Bonchev–Trinajstić information content (AvgIpc) is 2.41. The minimum absolute atomic E-state index is 0.0257. The summed E-state index contributed by atoms with van der Waals surface area (Å²) in [6, 6.07) is 6.65. The Kier molecular flexibility index (Phi) is 4.04. The van der Waals surface area contributed by atoms with Crippen LogP contribution in [0.4, 0.5) is 11.5 Å². The first-order valence-electron chi connectivity index (χ1n) is 5.80. The van der Waals surface area contributed by atoms with Crippen molar-refractivity contribution < 1.29 is 14.8 Å². The molecular weight excluding hydrogens is 298 g/mol. The molecule has 1 amide bonds. The van der Waals surface area contributed by atoms with Crippen LogP contribution in [0.1, 0.15) is 15.9 Å². The number of nitro groups is 1. The maximum absolute atomic E-state index is 12.1. The van der Waals surface area contributed by atoms with Gasteiger partial charge in [-0.05, 0) is 36.8 Å². The molecule has 0 fully saturated rings. The van der Waals surface area contributed by atoms with Gasteiger partial charge in [0.25, 0.3) is 5.91 Å². The summed E-state index contributed by atoms with van der Waals surface area (Å²) < 4.78 is 0. The number of phenolic OH excluding ortho intramolecular Hbond substituents is 1. The quantitative estimate of drug-likeness (QED) is 0.515. The lowest BCUT2D eigenvalue weighted by Crippen LogP contribution is -2.14. The topological polar surface area (TPSA) is 105 Å². The highest BCUT2D eigenvalue weighted by molar-refractivity contribution is 6.29. The normalized spacial score (nSPS) is 10.2. The number of rotatable bonds is 3. The molecule has 2 rings (SSSR count). The summed E-state index contributed by atoms with van der Waals surface area (Å²) >= 11 is 5.68. The molecule has 1 aromatic carbocycles. The predicted molar refractivity (Wildman–Crippen MR) is 76.7 cm³/mol. The lowest BCUT2D eigenvalue weighted by molar-refractivity contribution is -0.384. The largest absolute Gasteiger partial charge is 0.508 e. The Morgan fingerprint density at radius 1 is 1.38 bits per heavy atom. The molecule has 8 heteroatoms. The molecule has 1 heterocycles. The van der Waals surface area contributed by atoms with Crippen LogP contribution in [-0.4, -0.2) is 20.9 Å². The molecule has 1 aromatic heterocycles. The Bertz CT molecular complexity index is 733. The van der Waals surface area contributed by atoms with E-state index in [4.69, 9.17) is 11.6 Å². The lowest BCUT2D eigenvalue weighted by atomic mass is 10.1. The first-order chi connectivity index (χ1) is 9.88. The van der Waals surface area contributed by atoms with E-state index >= 15 is 0 Å². The van der Waals surface area contributed by atoms with E-state index in [1.165, 1.54) is 24.3 Å². The first kappa shape index (κ1) is 14.7. The van der Waals surface area contributed by atoms with Crippen molar-refractivity contribution >= 4 is 29.0 Å². The molecule has 0 unspecified atom stereocenters. The van der Waals surface area contributed by atoms with Crippen LogP contribution in [0.3, 0.4) is 0 Å². The van der Waals surface area contributed by atoms with Gasteiger partial charge in [-0.25, -0.2) is 4.98 Å². The number of carbonyl (C=O) groups is 1. The number of halogens is 1. The van der Waals surface area contributed by atoms with Gasteiger partial charge in [0.1, 0.15) is 10.9 Å². The molecule has 0 radical (unpaired) electrons. The van der Waals surface area contributed by atoms with Crippen molar-refractivity contribution in [2.24, 2.45) is 0 Å². The predicted octanol–water partition coefficient (Wildman–Crippen LogP) is 2.91. The fourth-order valence-electron chi connectivity index (χ4n) is 1.64. The summed E-state index contributed by atoms with van der Waals surface area (Å²) in [6.45, 7) is 1.63. The summed E-state index contributed by atoms with van der Waals surface area (Å²) in [7, 11) is 0. The van der Waals surface area contributed by atoms with E-state index in [2.05, 4.69) is 10.3 Å². The maximum Gasteiger partial charge on any atom is 0.311 e. The Morgan fingerprint density at radius 2 is 2.10 bits per heavy atom. The smallest absolute Gasteiger partial charge is 0.311 e. The number of hydrogen-bond acceptors (Lipinski definition) is 5. The van der Waals surface area contributed by atoms with Crippen LogP contribution in [0, 0.1) is 17.0 Å². The molecule has 0 aliphatic carbocycles. The molecule has 108 valence electrons. The molecule has 0 atom stereocenters. The summed E-state index contributed by atoms with van der Waals surface area (Å²) in [5.74, 6) is -0.766. The lowest BCUT2D eigenvalue weighted by Gasteiger charge is -2.07. The van der Waals surface area contributed by atoms with Gasteiger partial charge in [-0.3, -0.25) is 14.9 Å². The van der Waals surface area contributed by atoms with E-state index in [0.717, 1.165) is 6.07 Å². The number of nitrogens with one attached hydrogen (secondary N) is 1. The van der Waals surface area contributed by atoms with Crippen LogP contribution in [-0.2, 0) is 0 Å². The van der Waals surface area contributed by atoms with Gasteiger partial charge in [0, 0.05) is 11.6 Å². The van der Waals surface area contributed by atoms with Crippen molar-refractivity contribution in [3.8, 4) is 5.75 Å². The molecule has 0 saturated carbocycles. The van der Waals surface area contributed by atoms with E-state index in [1.54, 1.807) is 6.92 Å². The van der Waals surface area contributed by atoms with E-state index in [-0.39, 0.29) is 28.0 Å². The van der Waals surface area contributed by atoms with Crippen LogP contribution >= 0.6 is 11.6 Å². The number of amides is 1. The van der Waals surface area contributed by atoms with Gasteiger partial charge >= 0.3 is 5.69 Å². The van der Waals surface area contributed by atoms with Crippen molar-refractivity contribution in [1.29, 1.82) is 0 Å². The van der Waals surface area contributed by atoms with Crippen LogP contribution < -0.4 is 5.32 Å². The highest BCUT2D eigenvalue weighted by atomic mass is 35.5. The van der Waals surface area contributed by atoms with Gasteiger partial charge in [0.15, 0.2) is 0 Å². The molecular formula is C13H10ClN3O4. The van der Waals surface area contributed by atoms with Gasteiger partial charge in [-0.15, -0.1) is 0 Å². The standard InChI is InChI=1S/C13H10ClN3O4/c1-7-6-8(2-4-10(7)18)13(19)16-12-9(17(20)21)3-5-11(14)15-12/h2-6,18H,1H3,(H,15,16,19). The van der Waals surface area contributed by atoms with Crippen LogP contribution in [0.25, 0.3) is 0 Å². The van der Waals surface area contributed by atoms with Gasteiger partial charge in [-0.2, -0.15) is 0 Å². The average molecular weight is 308 g/mol. The van der Waals surface area contributed by atoms with Crippen molar-refractivity contribution in [3.63, 3.8) is 0 Å². The van der Waals surface area contributed by atoms with E-state index in [1.807, 2.05) is 0 Å². The second-order valence-electron chi connectivity index (χ2n) is 4.21. The Morgan fingerprint density at radius 3 is 2.71 bits per heavy atom. The third-order valence-electron chi connectivity index (χ3n) is 2.73. The number of carbonyl (C=O) groups excluding carboxylic acids is 1.